The fraction of sp³-hybridized carbons (Fsp3) is 0.263. The number of nitrogens with zero attached hydrogens (tertiary/aromatic N) is 1. The molecule has 1 aliphatic carbocycles. The summed E-state index contributed by atoms with van der Waals surface area (Å²) in [7, 11) is 1.78. The van der Waals surface area contributed by atoms with Gasteiger partial charge in [-0.25, -0.2) is 0 Å². The summed E-state index contributed by atoms with van der Waals surface area (Å²) in [5.41, 5.74) is 8.30. The van der Waals surface area contributed by atoms with E-state index in [4.69, 9.17) is 5.73 Å². The van der Waals surface area contributed by atoms with Crippen molar-refractivity contribution in [1.82, 2.24) is 0 Å². The summed E-state index contributed by atoms with van der Waals surface area (Å²) in [4.78, 5) is 25.8. The quantitative estimate of drug-likeness (QED) is 0.944. The van der Waals surface area contributed by atoms with Gasteiger partial charge >= 0.3 is 0 Å². The highest BCUT2D eigenvalue weighted by molar-refractivity contribution is 6.03. The third-order valence-corrected chi connectivity index (χ3v) is 4.57. The summed E-state index contributed by atoms with van der Waals surface area (Å²) in [5.74, 6) is -0.376. The molecule has 0 radical (unpaired) electrons. The van der Waals surface area contributed by atoms with Crippen molar-refractivity contribution in [1.29, 1.82) is 0 Å². The Hall–Kier alpha value is -2.62. The maximum atomic E-state index is 13.0. The van der Waals surface area contributed by atoms with Gasteiger partial charge in [-0.2, -0.15) is 0 Å². The van der Waals surface area contributed by atoms with E-state index >= 15 is 0 Å². The monoisotopic (exact) mass is 308 g/mol. The molecule has 0 heterocycles. The molecule has 4 heteroatoms. The van der Waals surface area contributed by atoms with E-state index in [9.17, 15) is 9.59 Å². The van der Waals surface area contributed by atoms with Crippen LogP contribution in [0.25, 0.3) is 0 Å². The maximum Gasteiger partial charge on any atom is 0.248 e. The number of benzene rings is 2. The molecule has 2 aromatic rings. The molecular formula is C19H20N2O2. The molecule has 4 nitrogen and oxygen atoms in total. The van der Waals surface area contributed by atoms with Crippen molar-refractivity contribution in [3.63, 3.8) is 0 Å². The Kier molecular flexibility index (Phi) is 3.68. The van der Waals surface area contributed by atoms with E-state index in [2.05, 4.69) is 6.07 Å². The molecule has 2 amide bonds. The van der Waals surface area contributed by atoms with E-state index in [1.54, 1.807) is 36.2 Å². The Morgan fingerprint density at radius 2 is 1.74 bits per heavy atom. The lowest BCUT2D eigenvalue weighted by Crippen LogP contribution is -2.36. The fourth-order valence-corrected chi connectivity index (χ4v) is 2.98. The molecule has 23 heavy (non-hydrogen) atoms. The molecule has 2 N–H and O–H groups in total. The average molecular weight is 308 g/mol. The molecule has 0 atom stereocenters. The summed E-state index contributed by atoms with van der Waals surface area (Å²) in [6.45, 7) is 2.04. The van der Waals surface area contributed by atoms with Gasteiger partial charge in [-0.05, 0) is 49.6 Å². The molecule has 1 saturated carbocycles. The van der Waals surface area contributed by atoms with Crippen molar-refractivity contribution in [2.75, 3.05) is 11.9 Å². The summed E-state index contributed by atoms with van der Waals surface area (Å²) < 4.78 is 0. The Morgan fingerprint density at radius 1 is 1.09 bits per heavy atom. The Balaban J connectivity index is 1.86. The molecule has 0 unspecified atom stereocenters. The van der Waals surface area contributed by atoms with Gasteiger partial charge in [0, 0.05) is 18.3 Å². The summed E-state index contributed by atoms with van der Waals surface area (Å²) in [5, 5.41) is 0. The minimum Gasteiger partial charge on any atom is -0.366 e. The van der Waals surface area contributed by atoms with Crippen LogP contribution in [0.4, 0.5) is 5.69 Å². The molecule has 3 rings (SSSR count). The number of nitrogens with two attached hydrogens (primary N) is 1. The van der Waals surface area contributed by atoms with Gasteiger partial charge in [0.05, 0.1) is 5.41 Å². The van der Waals surface area contributed by atoms with Crippen molar-refractivity contribution in [2.24, 2.45) is 5.73 Å². The van der Waals surface area contributed by atoms with Crippen LogP contribution in [0.1, 0.15) is 34.3 Å². The van der Waals surface area contributed by atoms with E-state index in [1.165, 1.54) is 0 Å². The van der Waals surface area contributed by atoms with Crippen LogP contribution in [0.3, 0.4) is 0 Å². The van der Waals surface area contributed by atoms with E-state index in [1.807, 2.05) is 25.1 Å². The molecule has 0 aliphatic heterocycles. The Morgan fingerprint density at radius 3 is 2.26 bits per heavy atom. The van der Waals surface area contributed by atoms with Gasteiger partial charge in [-0.15, -0.1) is 0 Å². The molecular weight excluding hydrogens is 288 g/mol. The van der Waals surface area contributed by atoms with Crippen LogP contribution >= 0.6 is 0 Å². The smallest absolute Gasteiger partial charge is 0.248 e. The third-order valence-electron chi connectivity index (χ3n) is 4.57. The number of anilines is 1. The SMILES string of the molecule is Cc1cccc(C2(C(=O)N(C)c3ccc(C(N)=O)cc3)CC2)c1. The number of amides is 2. The lowest BCUT2D eigenvalue weighted by Gasteiger charge is -2.24. The third kappa shape index (κ3) is 2.72. The molecule has 0 bridgehead atoms. The first-order chi connectivity index (χ1) is 10.9. The first-order valence-corrected chi connectivity index (χ1v) is 7.69. The second-order valence-electron chi connectivity index (χ2n) is 6.23. The Bertz CT molecular complexity index is 761. The lowest BCUT2D eigenvalue weighted by molar-refractivity contribution is -0.120. The van der Waals surface area contributed by atoms with Crippen LogP contribution in [0.2, 0.25) is 0 Å². The van der Waals surface area contributed by atoms with Crippen LogP contribution in [0.5, 0.6) is 0 Å². The standard InChI is InChI=1S/C19H20N2O2/c1-13-4-3-5-15(12-13)19(10-11-19)18(23)21(2)16-8-6-14(7-9-16)17(20)22/h3-9,12H,10-11H2,1-2H3,(H2,20,22). The zero-order chi connectivity index (χ0) is 16.6. The highest BCUT2D eigenvalue weighted by atomic mass is 16.2. The minimum atomic E-state index is -0.469. The molecule has 2 aromatic carbocycles. The average Bonchev–Trinajstić information content (AvgIpc) is 3.35. The number of hydrogen-bond donors (Lipinski definition) is 1. The molecule has 0 spiro atoms. The van der Waals surface area contributed by atoms with Crippen LogP contribution in [0, 0.1) is 6.92 Å². The highest BCUT2D eigenvalue weighted by Gasteiger charge is 2.52. The van der Waals surface area contributed by atoms with Gasteiger partial charge in [0.25, 0.3) is 0 Å². The highest BCUT2D eigenvalue weighted by Crippen LogP contribution is 2.50. The number of aryl methyl sites for hydroxylation is 1. The van der Waals surface area contributed by atoms with Crippen LogP contribution < -0.4 is 10.6 Å². The number of likely N-dealkylation sites (N-methyl/N-ethyl adjacent to an activating group) is 1. The maximum absolute atomic E-state index is 13.0. The minimum absolute atomic E-state index is 0.0925. The number of hydrogen-bond acceptors (Lipinski definition) is 2. The summed E-state index contributed by atoms with van der Waals surface area (Å²) >= 11 is 0. The molecule has 0 saturated heterocycles. The van der Waals surface area contributed by atoms with Crippen LogP contribution in [-0.4, -0.2) is 18.9 Å². The van der Waals surface area contributed by atoms with Crippen molar-refractivity contribution in [3.05, 3.63) is 65.2 Å². The second-order valence-corrected chi connectivity index (χ2v) is 6.23. The number of carbonyl (C=O) groups is 2. The fourth-order valence-electron chi connectivity index (χ4n) is 2.98. The van der Waals surface area contributed by atoms with Gasteiger partial charge in [0.1, 0.15) is 0 Å². The Labute approximate surface area is 135 Å². The number of carbonyl (C=O) groups excluding carboxylic acids is 2. The predicted molar refractivity (Wildman–Crippen MR) is 90.5 cm³/mol. The van der Waals surface area contributed by atoms with Gasteiger partial charge in [-0.3, -0.25) is 9.59 Å². The lowest BCUT2D eigenvalue weighted by atomic mass is 9.93. The van der Waals surface area contributed by atoms with E-state index in [-0.39, 0.29) is 5.91 Å². The normalized spacial score (nSPS) is 15.0. The van der Waals surface area contributed by atoms with Crippen LogP contribution in [-0.2, 0) is 10.2 Å². The summed E-state index contributed by atoms with van der Waals surface area (Å²) in [6, 6.07) is 15.0. The largest absolute Gasteiger partial charge is 0.366 e. The van der Waals surface area contributed by atoms with Crippen LogP contribution in [0.15, 0.2) is 48.5 Å². The van der Waals surface area contributed by atoms with Gasteiger partial charge < -0.3 is 10.6 Å². The second kappa shape index (κ2) is 5.54. The zero-order valence-corrected chi connectivity index (χ0v) is 13.4. The molecule has 1 fully saturated rings. The van der Waals surface area contributed by atoms with Gasteiger partial charge in [-0.1, -0.05) is 29.8 Å². The van der Waals surface area contributed by atoms with Crippen molar-refractivity contribution >= 4 is 17.5 Å². The van der Waals surface area contributed by atoms with E-state index in [0.717, 1.165) is 29.7 Å². The zero-order valence-electron chi connectivity index (χ0n) is 13.4. The van der Waals surface area contributed by atoms with Crippen molar-refractivity contribution < 1.29 is 9.59 Å². The molecule has 1 aliphatic rings. The first kappa shape index (κ1) is 15.3. The van der Waals surface area contributed by atoms with Gasteiger partial charge in [0.15, 0.2) is 0 Å². The number of rotatable bonds is 4. The molecule has 118 valence electrons. The van der Waals surface area contributed by atoms with E-state index < -0.39 is 11.3 Å². The van der Waals surface area contributed by atoms with Crippen molar-refractivity contribution in [3.8, 4) is 0 Å². The first-order valence-electron chi connectivity index (χ1n) is 7.69. The van der Waals surface area contributed by atoms with Gasteiger partial charge in [0.2, 0.25) is 11.8 Å². The van der Waals surface area contributed by atoms with Crippen molar-refractivity contribution in [2.45, 2.75) is 25.2 Å². The number of primary amides is 1. The molecule has 0 aromatic heterocycles. The predicted octanol–water partition coefficient (Wildman–Crippen LogP) is 2.79. The summed E-state index contributed by atoms with van der Waals surface area (Å²) in [6.07, 6.45) is 1.75. The topological polar surface area (TPSA) is 63.4 Å². The van der Waals surface area contributed by atoms with E-state index in [0.29, 0.717) is 5.56 Å².